The van der Waals surface area contributed by atoms with Gasteiger partial charge in [0.2, 0.25) is 0 Å². The third-order valence-electron chi connectivity index (χ3n) is 3.05. The standard InChI is InChI=1S/C13H17NO6S/c1-14(20-21(16)17)11-5-10(13(15)18-2)6-12(7-11)19-8-9-3-4-9/h5-7,9,21H,3-4,8H2,1-2H3. The summed E-state index contributed by atoms with van der Waals surface area (Å²) in [5.74, 6) is 0.491. The van der Waals surface area contributed by atoms with Gasteiger partial charge in [-0.25, -0.2) is 18.3 Å². The lowest BCUT2D eigenvalue weighted by Crippen LogP contribution is -2.17. The molecule has 21 heavy (non-hydrogen) atoms. The summed E-state index contributed by atoms with van der Waals surface area (Å²) in [6.45, 7) is 0.574. The molecular formula is C13H17NO6S. The highest BCUT2D eigenvalue weighted by atomic mass is 32.2. The first kappa shape index (κ1) is 15.6. The van der Waals surface area contributed by atoms with Crippen LogP contribution >= 0.6 is 0 Å². The molecule has 0 atom stereocenters. The highest BCUT2D eigenvalue weighted by Gasteiger charge is 2.22. The zero-order chi connectivity index (χ0) is 15.4. The molecule has 1 aromatic carbocycles. The fourth-order valence-corrected chi connectivity index (χ4v) is 2.02. The number of hydrogen-bond donors (Lipinski definition) is 1. The number of hydrogen-bond acceptors (Lipinski definition) is 7. The van der Waals surface area contributed by atoms with Crippen LogP contribution in [0.4, 0.5) is 5.69 Å². The SMILES string of the molecule is COC(=O)c1cc(OCC2CC2)cc(N(C)O[SH](=O)=O)c1. The molecule has 0 amide bonds. The summed E-state index contributed by atoms with van der Waals surface area (Å²) < 4.78 is 36.1. The molecule has 0 radical (unpaired) electrons. The average molecular weight is 315 g/mol. The smallest absolute Gasteiger partial charge is 0.338 e. The second kappa shape index (κ2) is 6.77. The molecular weight excluding hydrogens is 298 g/mol. The van der Waals surface area contributed by atoms with E-state index < -0.39 is 17.0 Å². The molecule has 0 aliphatic heterocycles. The van der Waals surface area contributed by atoms with Crippen LogP contribution in [0.5, 0.6) is 5.75 Å². The maximum Gasteiger partial charge on any atom is 0.338 e. The fourth-order valence-electron chi connectivity index (χ4n) is 1.73. The quantitative estimate of drug-likeness (QED) is 0.459. The Bertz CT molecular complexity index is 588. The van der Waals surface area contributed by atoms with E-state index >= 15 is 0 Å². The molecule has 8 heteroatoms. The summed E-state index contributed by atoms with van der Waals surface area (Å²) in [4.78, 5) is 11.7. The topological polar surface area (TPSA) is 82.1 Å². The lowest BCUT2D eigenvalue weighted by molar-refractivity contribution is 0.0600. The normalized spacial score (nSPS) is 14.0. The first-order valence-electron chi connectivity index (χ1n) is 6.42. The maximum absolute atomic E-state index is 11.7. The van der Waals surface area contributed by atoms with Gasteiger partial charge in [-0.2, -0.15) is 4.28 Å². The molecule has 0 spiro atoms. The lowest BCUT2D eigenvalue weighted by Gasteiger charge is -2.17. The van der Waals surface area contributed by atoms with E-state index in [0.29, 0.717) is 24.0 Å². The van der Waals surface area contributed by atoms with Crippen LogP contribution in [0, 0.1) is 5.92 Å². The molecule has 1 aromatic rings. The van der Waals surface area contributed by atoms with Gasteiger partial charge in [0.1, 0.15) is 5.75 Å². The van der Waals surface area contributed by atoms with Crippen molar-refractivity contribution < 1.29 is 27.0 Å². The van der Waals surface area contributed by atoms with Crippen molar-refractivity contribution in [3.63, 3.8) is 0 Å². The van der Waals surface area contributed by atoms with Crippen molar-refractivity contribution in [2.24, 2.45) is 5.92 Å². The minimum absolute atomic E-state index is 0.261. The van der Waals surface area contributed by atoms with Crippen LogP contribution < -0.4 is 9.80 Å². The molecule has 0 heterocycles. The number of hydroxylamine groups is 1. The van der Waals surface area contributed by atoms with Crippen LogP contribution in [-0.4, -0.2) is 35.2 Å². The number of nitrogens with zero attached hydrogens (tertiary/aromatic N) is 1. The summed E-state index contributed by atoms with van der Waals surface area (Å²) in [5.41, 5.74) is 0.639. The third kappa shape index (κ3) is 4.61. The van der Waals surface area contributed by atoms with Gasteiger partial charge < -0.3 is 9.47 Å². The van der Waals surface area contributed by atoms with Gasteiger partial charge in [0.15, 0.2) is 0 Å². The Hall–Kier alpha value is -1.80. The highest BCUT2D eigenvalue weighted by Crippen LogP contribution is 2.31. The summed E-state index contributed by atoms with van der Waals surface area (Å²) in [6.07, 6.45) is 2.28. The maximum atomic E-state index is 11.7. The summed E-state index contributed by atoms with van der Waals surface area (Å²) in [6, 6.07) is 4.63. The predicted octanol–water partition coefficient (Wildman–Crippen LogP) is 1.16. The summed E-state index contributed by atoms with van der Waals surface area (Å²) in [7, 11) is -0.346. The summed E-state index contributed by atoms with van der Waals surface area (Å²) in [5, 5.41) is 1.04. The average Bonchev–Trinajstić information content (AvgIpc) is 3.27. The molecule has 2 rings (SSSR count). The van der Waals surface area contributed by atoms with E-state index in [-0.39, 0.29) is 5.56 Å². The van der Waals surface area contributed by atoms with Crippen molar-refractivity contribution >= 4 is 22.6 Å². The number of methoxy groups -OCH3 is 1. The molecule has 7 nitrogen and oxygen atoms in total. The van der Waals surface area contributed by atoms with Gasteiger partial charge >= 0.3 is 5.97 Å². The molecule has 116 valence electrons. The van der Waals surface area contributed by atoms with Gasteiger partial charge in [-0.05, 0) is 30.9 Å². The van der Waals surface area contributed by atoms with Gasteiger partial charge in [0, 0.05) is 13.1 Å². The van der Waals surface area contributed by atoms with E-state index in [1.54, 1.807) is 12.1 Å². The Balaban J connectivity index is 2.23. The predicted molar refractivity (Wildman–Crippen MR) is 75.8 cm³/mol. The number of carbonyl (C=O) groups is 1. The van der Waals surface area contributed by atoms with Crippen molar-refractivity contribution in [2.45, 2.75) is 12.8 Å². The largest absolute Gasteiger partial charge is 0.493 e. The number of carbonyl (C=O) groups excluding carboxylic acids is 1. The zero-order valence-electron chi connectivity index (χ0n) is 11.8. The van der Waals surface area contributed by atoms with Crippen molar-refractivity contribution in [3.05, 3.63) is 23.8 Å². The molecule has 1 fully saturated rings. The number of ether oxygens (including phenoxy) is 2. The second-order valence-corrected chi connectivity index (χ2v) is 5.37. The Labute approximate surface area is 124 Å². The van der Waals surface area contributed by atoms with Crippen LogP contribution in [0.15, 0.2) is 18.2 Å². The van der Waals surface area contributed by atoms with Crippen LogP contribution in [0.2, 0.25) is 0 Å². The Morgan fingerprint density at radius 1 is 1.33 bits per heavy atom. The molecule has 1 aliphatic rings. The zero-order valence-corrected chi connectivity index (χ0v) is 12.7. The number of thiol groups is 1. The third-order valence-corrected chi connectivity index (χ3v) is 3.43. The highest BCUT2D eigenvalue weighted by molar-refractivity contribution is 7.67. The molecule has 0 unspecified atom stereocenters. The minimum atomic E-state index is -3.04. The Morgan fingerprint density at radius 2 is 2.05 bits per heavy atom. The van der Waals surface area contributed by atoms with E-state index in [9.17, 15) is 13.2 Å². The van der Waals surface area contributed by atoms with E-state index in [2.05, 4.69) is 9.02 Å². The van der Waals surface area contributed by atoms with Crippen LogP contribution in [-0.2, 0) is 20.0 Å². The second-order valence-electron chi connectivity index (χ2n) is 4.76. The molecule has 0 aromatic heterocycles. The van der Waals surface area contributed by atoms with Gasteiger partial charge in [0.05, 0.1) is 25.0 Å². The van der Waals surface area contributed by atoms with E-state index in [1.165, 1.54) is 20.2 Å². The molecule has 1 aliphatic carbocycles. The van der Waals surface area contributed by atoms with Crippen LogP contribution in [0.1, 0.15) is 23.2 Å². The molecule has 0 N–H and O–H groups in total. The number of anilines is 1. The van der Waals surface area contributed by atoms with Crippen molar-refractivity contribution in [1.29, 1.82) is 0 Å². The lowest BCUT2D eigenvalue weighted by atomic mass is 10.2. The summed E-state index contributed by atoms with van der Waals surface area (Å²) >= 11 is 0. The molecule has 1 saturated carbocycles. The minimum Gasteiger partial charge on any atom is -0.493 e. The molecule has 0 saturated heterocycles. The van der Waals surface area contributed by atoms with Gasteiger partial charge in [-0.1, -0.05) is 0 Å². The van der Waals surface area contributed by atoms with Gasteiger partial charge in [-0.3, -0.25) is 0 Å². The van der Waals surface area contributed by atoms with Crippen LogP contribution in [0.3, 0.4) is 0 Å². The van der Waals surface area contributed by atoms with E-state index in [4.69, 9.17) is 4.74 Å². The number of benzene rings is 1. The monoisotopic (exact) mass is 315 g/mol. The van der Waals surface area contributed by atoms with E-state index in [0.717, 1.165) is 17.9 Å². The number of rotatable bonds is 7. The van der Waals surface area contributed by atoms with Crippen LogP contribution in [0.25, 0.3) is 0 Å². The van der Waals surface area contributed by atoms with Gasteiger partial charge in [0.25, 0.3) is 11.0 Å². The fraction of sp³-hybridized carbons (Fsp3) is 0.462. The first-order valence-corrected chi connectivity index (χ1v) is 7.51. The van der Waals surface area contributed by atoms with Crippen molar-refractivity contribution in [1.82, 2.24) is 0 Å². The first-order chi connectivity index (χ1) is 9.99. The Kier molecular flexibility index (Phi) is 5.03. The van der Waals surface area contributed by atoms with E-state index in [1.807, 2.05) is 0 Å². The molecule has 0 bridgehead atoms. The van der Waals surface area contributed by atoms with Crippen molar-refractivity contribution in [3.8, 4) is 5.75 Å². The van der Waals surface area contributed by atoms with Crippen molar-refractivity contribution in [2.75, 3.05) is 25.8 Å². The number of esters is 1. The Morgan fingerprint density at radius 3 is 2.62 bits per heavy atom. The van der Waals surface area contributed by atoms with Gasteiger partial charge in [-0.15, -0.1) is 0 Å².